The fourth-order valence-corrected chi connectivity index (χ4v) is 7.76. The summed E-state index contributed by atoms with van der Waals surface area (Å²) in [5.41, 5.74) is 5.99. The molecule has 1 aliphatic carbocycles. The fraction of sp³-hybridized carbons (Fsp3) is 0.289. The van der Waals surface area contributed by atoms with Gasteiger partial charge in [-0.1, -0.05) is 80.1 Å². The van der Waals surface area contributed by atoms with Crippen molar-refractivity contribution in [1.29, 1.82) is 0 Å². The van der Waals surface area contributed by atoms with Crippen molar-refractivity contribution in [3.05, 3.63) is 102 Å². The number of fused-ring (bicyclic) bond motifs is 10. The minimum absolute atomic E-state index is 0.123. The minimum Gasteiger partial charge on any atom is -0.487 e. The van der Waals surface area contributed by atoms with Crippen molar-refractivity contribution < 1.29 is 9.53 Å². The molecule has 5 nitrogen and oxygen atoms in total. The van der Waals surface area contributed by atoms with Gasteiger partial charge in [-0.15, -0.1) is 0 Å². The molecular weight excluding hydrogens is 530 g/mol. The van der Waals surface area contributed by atoms with Gasteiger partial charge in [0.1, 0.15) is 11.4 Å². The number of ether oxygens (including phenoxy) is 1. The second-order valence-electron chi connectivity index (χ2n) is 13.1. The molecule has 1 fully saturated rings. The van der Waals surface area contributed by atoms with E-state index in [4.69, 9.17) is 14.7 Å². The first-order chi connectivity index (χ1) is 20.9. The summed E-state index contributed by atoms with van der Waals surface area (Å²) in [6.45, 7) is 7.33. The second-order valence-corrected chi connectivity index (χ2v) is 13.1. The third-order valence-corrected chi connectivity index (χ3v) is 9.91. The molecule has 2 aliphatic rings. The van der Waals surface area contributed by atoms with Crippen LogP contribution in [0.15, 0.2) is 84.9 Å². The van der Waals surface area contributed by atoms with Crippen LogP contribution in [0.2, 0.25) is 0 Å². The Labute approximate surface area is 251 Å². The lowest BCUT2D eigenvalue weighted by Gasteiger charge is -2.49. The maximum Gasteiger partial charge on any atom is 0.251 e. The lowest BCUT2D eigenvalue weighted by atomic mass is 9.64. The van der Waals surface area contributed by atoms with E-state index >= 15 is 0 Å². The molecule has 5 heteroatoms. The number of hydrogen-bond donors (Lipinski definition) is 1. The maximum absolute atomic E-state index is 13.3. The first-order valence-electron chi connectivity index (χ1n) is 15.5. The van der Waals surface area contributed by atoms with Gasteiger partial charge in [0.25, 0.3) is 5.91 Å². The maximum atomic E-state index is 13.3. The highest BCUT2D eigenvalue weighted by molar-refractivity contribution is 6.11. The van der Waals surface area contributed by atoms with Gasteiger partial charge in [0.05, 0.1) is 22.1 Å². The molecular formula is C38H35N3O2. The Morgan fingerprint density at radius 3 is 2.47 bits per heavy atom. The molecule has 8 rings (SSSR count). The summed E-state index contributed by atoms with van der Waals surface area (Å²) < 4.78 is 6.88. The molecule has 214 valence electrons. The van der Waals surface area contributed by atoms with Crippen LogP contribution in [0, 0.1) is 11.8 Å². The highest BCUT2D eigenvalue weighted by Gasteiger charge is 2.47. The van der Waals surface area contributed by atoms with Gasteiger partial charge < -0.3 is 10.1 Å². The molecule has 0 saturated heterocycles. The van der Waals surface area contributed by atoms with Crippen LogP contribution in [-0.4, -0.2) is 21.5 Å². The molecule has 3 atom stereocenters. The zero-order valence-electron chi connectivity index (χ0n) is 24.9. The lowest BCUT2D eigenvalue weighted by molar-refractivity contribution is -0.0115. The third kappa shape index (κ3) is 4.24. The molecule has 3 unspecified atom stereocenters. The van der Waals surface area contributed by atoms with Gasteiger partial charge in [-0.2, -0.15) is 0 Å². The van der Waals surface area contributed by atoms with E-state index in [1.165, 1.54) is 17.4 Å². The second kappa shape index (κ2) is 9.77. The summed E-state index contributed by atoms with van der Waals surface area (Å²) in [4.78, 5) is 23.8. The molecule has 1 aromatic heterocycles. The van der Waals surface area contributed by atoms with Crippen LogP contribution < -0.4 is 10.1 Å². The number of amides is 1. The first kappa shape index (κ1) is 26.1. The van der Waals surface area contributed by atoms with Crippen molar-refractivity contribution >= 4 is 49.5 Å². The van der Waals surface area contributed by atoms with Crippen molar-refractivity contribution in [3.63, 3.8) is 0 Å². The standard InChI is InChI=1S/C38H35N3O2/c1-22-15-17-30-29(19-22)33-35-34(27-13-6-7-14-28(27)36(33)43-38(30,2)3)41-32-20-24(16-18-31(32)40-35)37(42)39-21-25-11-8-10-23-9-4-5-12-26(23)25/h4-14,16,18,20,22,29-30H,15,17,19,21H2,1-3H3,(H,39,42). The van der Waals surface area contributed by atoms with Crippen molar-refractivity contribution in [2.75, 3.05) is 0 Å². The van der Waals surface area contributed by atoms with Gasteiger partial charge in [0, 0.05) is 34.4 Å². The molecule has 1 amide bonds. The zero-order valence-corrected chi connectivity index (χ0v) is 24.9. The molecule has 0 bridgehead atoms. The number of aromatic nitrogens is 2. The van der Waals surface area contributed by atoms with Crippen LogP contribution in [-0.2, 0) is 6.54 Å². The van der Waals surface area contributed by atoms with Gasteiger partial charge in [0.2, 0.25) is 0 Å². The lowest BCUT2D eigenvalue weighted by Crippen LogP contribution is -2.46. The van der Waals surface area contributed by atoms with Gasteiger partial charge in [0.15, 0.2) is 0 Å². The SMILES string of the molecule is CC1CCC2C(C1)c1c(c3ccccc3c3nc4cc(C(=O)NCc5cccc6ccccc56)ccc4nc13)OC2(C)C. The number of carbonyl (C=O) groups excluding carboxylic acids is 1. The Morgan fingerprint density at radius 2 is 1.60 bits per heavy atom. The number of rotatable bonds is 3. The highest BCUT2D eigenvalue weighted by atomic mass is 16.5. The Hall–Kier alpha value is -4.51. The van der Waals surface area contributed by atoms with E-state index < -0.39 is 0 Å². The quantitative estimate of drug-likeness (QED) is 0.172. The fourth-order valence-electron chi connectivity index (χ4n) is 7.76. The average molecular weight is 566 g/mol. The van der Waals surface area contributed by atoms with Crippen molar-refractivity contribution in [2.24, 2.45) is 11.8 Å². The summed E-state index contributed by atoms with van der Waals surface area (Å²) in [7, 11) is 0. The van der Waals surface area contributed by atoms with Crippen LogP contribution in [0.25, 0.3) is 43.6 Å². The first-order valence-corrected chi connectivity index (χ1v) is 15.5. The molecule has 1 aliphatic heterocycles. The van der Waals surface area contributed by atoms with Crippen molar-refractivity contribution in [1.82, 2.24) is 15.3 Å². The Bertz CT molecular complexity index is 2080. The summed E-state index contributed by atoms with van der Waals surface area (Å²) in [5.74, 6) is 2.32. The average Bonchev–Trinajstić information content (AvgIpc) is 3.02. The molecule has 6 aromatic rings. The van der Waals surface area contributed by atoms with Crippen molar-refractivity contribution in [2.45, 2.75) is 58.1 Å². The molecule has 5 aromatic carbocycles. The Balaban J connectivity index is 1.22. The van der Waals surface area contributed by atoms with E-state index in [1.807, 2.05) is 36.4 Å². The summed E-state index contributed by atoms with van der Waals surface area (Å²) in [6, 6.07) is 28.5. The van der Waals surface area contributed by atoms with Crippen LogP contribution in [0.3, 0.4) is 0 Å². The smallest absolute Gasteiger partial charge is 0.251 e. The topological polar surface area (TPSA) is 64.1 Å². The normalized spacial score (nSPS) is 21.0. The molecule has 0 spiro atoms. The Morgan fingerprint density at radius 1 is 0.860 bits per heavy atom. The highest BCUT2D eigenvalue weighted by Crippen LogP contribution is 2.56. The number of nitrogens with zero attached hydrogens (tertiary/aromatic N) is 2. The van der Waals surface area contributed by atoms with E-state index in [-0.39, 0.29) is 11.5 Å². The number of carbonyl (C=O) groups is 1. The number of hydrogen-bond acceptors (Lipinski definition) is 4. The van der Waals surface area contributed by atoms with Gasteiger partial charge in [-0.25, -0.2) is 9.97 Å². The largest absolute Gasteiger partial charge is 0.487 e. The third-order valence-electron chi connectivity index (χ3n) is 9.91. The van der Waals surface area contributed by atoms with E-state index in [0.29, 0.717) is 29.9 Å². The van der Waals surface area contributed by atoms with Crippen LogP contribution in [0.5, 0.6) is 5.75 Å². The Kier molecular flexibility index (Phi) is 5.94. The van der Waals surface area contributed by atoms with Gasteiger partial charge in [-0.05, 0) is 73.1 Å². The van der Waals surface area contributed by atoms with Gasteiger partial charge in [-0.3, -0.25) is 4.79 Å². The van der Waals surface area contributed by atoms with E-state index in [9.17, 15) is 4.79 Å². The monoisotopic (exact) mass is 565 g/mol. The molecule has 1 saturated carbocycles. The van der Waals surface area contributed by atoms with Gasteiger partial charge >= 0.3 is 0 Å². The van der Waals surface area contributed by atoms with Crippen LogP contribution >= 0.6 is 0 Å². The molecule has 2 heterocycles. The molecule has 1 N–H and O–H groups in total. The molecule has 43 heavy (non-hydrogen) atoms. The minimum atomic E-state index is -0.243. The summed E-state index contributed by atoms with van der Waals surface area (Å²) in [5, 5.41) is 7.56. The number of nitrogens with one attached hydrogen (secondary N) is 1. The van der Waals surface area contributed by atoms with E-state index in [1.54, 1.807) is 0 Å². The van der Waals surface area contributed by atoms with E-state index in [0.717, 1.165) is 62.4 Å². The summed E-state index contributed by atoms with van der Waals surface area (Å²) >= 11 is 0. The predicted molar refractivity (Wildman–Crippen MR) is 174 cm³/mol. The predicted octanol–water partition coefficient (Wildman–Crippen LogP) is 8.71. The van der Waals surface area contributed by atoms with Crippen LogP contribution in [0.1, 0.15) is 67.4 Å². The van der Waals surface area contributed by atoms with Crippen molar-refractivity contribution in [3.8, 4) is 5.75 Å². The van der Waals surface area contributed by atoms with E-state index in [2.05, 4.69) is 74.6 Å². The van der Waals surface area contributed by atoms with Crippen LogP contribution in [0.4, 0.5) is 0 Å². The number of benzene rings is 5. The molecule has 0 radical (unpaired) electrons. The zero-order chi connectivity index (χ0) is 29.3. The summed E-state index contributed by atoms with van der Waals surface area (Å²) in [6.07, 6.45) is 3.52.